The van der Waals surface area contributed by atoms with Crippen molar-refractivity contribution in [2.45, 2.75) is 31.4 Å². The SMILES string of the molecule is COc1c(OC(F)(F)F)cccc1[C@@H]1O[C@@H](CC(=O)O)c2nnc(OC(F)(F)F)n2-c2ccc(Cl)cc21. The summed E-state index contributed by atoms with van der Waals surface area (Å²) in [6.45, 7) is 0. The first-order chi connectivity index (χ1) is 17.3. The lowest BCUT2D eigenvalue weighted by Crippen LogP contribution is -2.20. The third kappa shape index (κ3) is 5.67. The lowest BCUT2D eigenvalue weighted by molar-refractivity contribution is -0.278. The Hall–Kier alpha value is -3.72. The third-order valence-electron chi connectivity index (χ3n) is 5.05. The molecule has 0 radical (unpaired) electrons. The Labute approximate surface area is 208 Å². The summed E-state index contributed by atoms with van der Waals surface area (Å²) in [6, 6.07) is 6.31. The van der Waals surface area contributed by atoms with Crippen LogP contribution in [0, 0.1) is 0 Å². The summed E-state index contributed by atoms with van der Waals surface area (Å²) in [6.07, 6.45) is -14.0. The monoisotopic (exact) mass is 553 g/mol. The van der Waals surface area contributed by atoms with Gasteiger partial charge in [-0.2, -0.15) is 0 Å². The molecule has 9 nitrogen and oxygen atoms in total. The standard InChI is InChI=1S/C21H14ClF6N3O6/c1-34-17-10(3-2-4-13(17)36-20(23,24)25)16-11-7-9(22)5-6-12(11)31-18(14(35-16)8-15(32)33)29-30-19(31)37-21(26,27)28/h2-7,14,16H,8H2,1H3,(H,32,33)/t14-,16-/m0/s1. The second-order valence-electron chi connectivity index (χ2n) is 7.46. The second kappa shape index (κ2) is 9.63. The van der Waals surface area contributed by atoms with Gasteiger partial charge in [0.2, 0.25) is 0 Å². The van der Waals surface area contributed by atoms with E-state index >= 15 is 0 Å². The highest BCUT2D eigenvalue weighted by Crippen LogP contribution is 2.47. The first-order valence-electron chi connectivity index (χ1n) is 10.1. The van der Waals surface area contributed by atoms with Gasteiger partial charge in [0.15, 0.2) is 17.3 Å². The summed E-state index contributed by atoms with van der Waals surface area (Å²) in [4.78, 5) is 11.6. The molecule has 0 aliphatic carbocycles. The molecule has 1 aromatic heterocycles. The van der Waals surface area contributed by atoms with Crippen molar-refractivity contribution >= 4 is 17.6 Å². The van der Waals surface area contributed by atoms with E-state index in [9.17, 15) is 36.2 Å². The zero-order valence-corrected chi connectivity index (χ0v) is 19.1. The molecule has 1 N–H and O–H groups in total. The Morgan fingerprint density at radius 2 is 1.78 bits per heavy atom. The van der Waals surface area contributed by atoms with E-state index in [2.05, 4.69) is 19.7 Å². The number of rotatable bonds is 6. The number of nitrogens with zero attached hydrogens (tertiary/aromatic N) is 3. The molecule has 1 aliphatic heterocycles. The fourth-order valence-electron chi connectivity index (χ4n) is 3.82. The van der Waals surface area contributed by atoms with Crippen LogP contribution in [0.4, 0.5) is 26.3 Å². The Kier molecular flexibility index (Phi) is 6.85. The maximum absolute atomic E-state index is 13.1. The summed E-state index contributed by atoms with van der Waals surface area (Å²) < 4.78 is 98.2. The van der Waals surface area contributed by atoms with Crippen molar-refractivity contribution < 1.29 is 55.2 Å². The van der Waals surface area contributed by atoms with E-state index in [4.69, 9.17) is 21.1 Å². The fourth-order valence-corrected chi connectivity index (χ4v) is 4.01. The summed E-state index contributed by atoms with van der Waals surface area (Å²) in [5.74, 6) is -2.94. The molecule has 0 saturated heterocycles. The zero-order chi connectivity index (χ0) is 27.1. The molecule has 0 bridgehead atoms. The number of benzene rings is 2. The van der Waals surface area contributed by atoms with Gasteiger partial charge in [0.05, 0.1) is 19.2 Å². The molecule has 198 valence electrons. The summed E-state index contributed by atoms with van der Waals surface area (Å²) in [5.41, 5.74) is -0.109. The largest absolute Gasteiger partial charge is 0.575 e. The van der Waals surface area contributed by atoms with Gasteiger partial charge in [-0.25, -0.2) is 4.57 Å². The van der Waals surface area contributed by atoms with Crippen LogP contribution in [0.3, 0.4) is 0 Å². The number of carboxylic acids is 1. The van der Waals surface area contributed by atoms with Crippen molar-refractivity contribution in [2.24, 2.45) is 0 Å². The molecule has 0 spiro atoms. The Morgan fingerprint density at radius 1 is 1.08 bits per heavy atom. The zero-order valence-electron chi connectivity index (χ0n) is 18.3. The topological polar surface area (TPSA) is 105 Å². The summed E-state index contributed by atoms with van der Waals surface area (Å²) in [7, 11) is 1.07. The molecule has 4 rings (SSSR count). The van der Waals surface area contributed by atoms with Crippen LogP contribution in [-0.4, -0.2) is 45.7 Å². The highest BCUT2D eigenvalue weighted by Gasteiger charge is 2.41. The van der Waals surface area contributed by atoms with Crippen LogP contribution >= 0.6 is 11.6 Å². The van der Waals surface area contributed by atoms with Gasteiger partial charge in [-0.05, 0) is 24.3 Å². The number of aromatic nitrogens is 3. The van der Waals surface area contributed by atoms with Crippen molar-refractivity contribution in [2.75, 3.05) is 7.11 Å². The number of halogens is 7. The van der Waals surface area contributed by atoms with E-state index < -0.39 is 54.8 Å². The summed E-state index contributed by atoms with van der Waals surface area (Å²) >= 11 is 6.14. The van der Waals surface area contributed by atoms with Gasteiger partial charge >= 0.3 is 24.7 Å². The first kappa shape index (κ1) is 26.3. The molecule has 0 unspecified atom stereocenters. The van der Waals surface area contributed by atoms with Crippen molar-refractivity contribution in [3.05, 3.63) is 58.4 Å². The number of para-hydroxylation sites is 1. The van der Waals surface area contributed by atoms with E-state index in [0.717, 1.165) is 17.7 Å². The lowest BCUT2D eigenvalue weighted by atomic mass is 9.98. The molecule has 0 amide bonds. The lowest BCUT2D eigenvalue weighted by Gasteiger charge is -2.25. The van der Waals surface area contributed by atoms with Gasteiger partial charge in [0, 0.05) is 16.1 Å². The van der Waals surface area contributed by atoms with E-state index in [1.54, 1.807) is 0 Å². The number of hydrogen-bond donors (Lipinski definition) is 1. The molecule has 2 aromatic carbocycles. The number of aliphatic carboxylic acids is 1. The number of ether oxygens (including phenoxy) is 4. The molecule has 37 heavy (non-hydrogen) atoms. The van der Waals surface area contributed by atoms with Gasteiger partial charge in [-0.3, -0.25) is 4.79 Å². The predicted molar refractivity (Wildman–Crippen MR) is 111 cm³/mol. The maximum atomic E-state index is 13.1. The number of alkyl halides is 6. The number of carbonyl (C=O) groups is 1. The molecule has 2 atom stereocenters. The van der Waals surface area contributed by atoms with Crippen LogP contribution in [0.2, 0.25) is 5.02 Å². The number of methoxy groups -OCH3 is 1. The maximum Gasteiger partial charge on any atom is 0.575 e. The minimum absolute atomic E-state index is 0.0240. The quantitative estimate of drug-likeness (QED) is 0.407. The fraction of sp³-hybridized carbons (Fsp3) is 0.286. The summed E-state index contributed by atoms with van der Waals surface area (Å²) in [5, 5.41) is 16.5. The highest BCUT2D eigenvalue weighted by molar-refractivity contribution is 6.30. The smallest absolute Gasteiger partial charge is 0.492 e. The van der Waals surface area contributed by atoms with E-state index in [0.29, 0.717) is 0 Å². The van der Waals surface area contributed by atoms with Crippen LogP contribution in [0.25, 0.3) is 5.69 Å². The predicted octanol–water partition coefficient (Wildman–Crippen LogP) is 5.36. The average molecular weight is 554 g/mol. The van der Waals surface area contributed by atoms with Crippen LogP contribution in [0.5, 0.6) is 17.5 Å². The normalized spacial score (nSPS) is 17.4. The molecule has 2 heterocycles. The first-order valence-corrected chi connectivity index (χ1v) is 10.5. The number of carboxylic acid groups (broad SMARTS) is 1. The van der Waals surface area contributed by atoms with Gasteiger partial charge in [0.25, 0.3) is 0 Å². The van der Waals surface area contributed by atoms with E-state index in [-0.39, 0.29) is 27.7 Å². The number of fused-ring (bicyclic) bond motifs is 3. The molecular weight excluding hydrogens is 540 g/mol. The Balaban J connectivity index is 1.97. The van der Waals surface area contributed by atoms with Crippen molar-refractivity contribution in [1.29, 1.82) is 0 Å². The van der Waals surface area contributed by atoms with Crippen molar-refractivity contribution in [1.82, 2.24) is 14.8 Å². The average Bonchev–Trinajstić information content (AvgIpc) is 3.11. The number of hydrogen-bond acceptors (Lipinski definition) is 7. The van der Waals surface area contributed by atoms with Gasteiger partial charge in [-0.15, -0.1) is 31.4 Å². The Bertz CT molecular complexity index is 1330. The Morgan fingerprint density at radius 3 is 2.41 bits per heavy atom. The van der Waals surface area contributed by atoms with Crippen LogP contribution in [-0.2, 0) is 9.53 Å². The minimum atomic E-state index is -5.18. The third-order valence-corrected chi connectivity index (χ3v) is 5.28. The molecule has 16 heteroatoms. The van der Waals surface area contributed by atoms with Gasteiger partial charge < -0.3 is 24.1 Å². The van der Waals surface area contributed by atoms with Crippen LogP contribution < -0.4 is 14.2 Å². The van der Waals surface area contributed by atoms with Gasteiger partial charge in [0.1, 0.15) is 12.2 Å². The molecule has 0 fully saturated rings. The van der Waals surface area contributed by atoms with E-state index in [1.165, 1.54) is 30.3 Å². The van der Waals surface area contributed by atoms with Gasteiger partial charge in [-0.1, -0.05) is 28.8 Å². The van der Waals surface area contributed by atoms with Crippen LogP contribution in [0.1, 0.15) is 35.6 Å². The molecule has 0 saturated carbocycles. The molecule has 3 aromatic rings. The minimum Gasteiger partial charge on any atom is -0.492 e. The van der Waals surface area contributed by atoms with Crippen LogP contribution in [0.15, 0.2) is 36.4 Å². The van der Waals surface area contributed by atoms with Crippen molar-refractivity contribution in [3.8, 4) is 23.2 Å². The molecule has 1 aliphatic rings. The van der Waals surface area contributed by atoms with E-state index in [1.807, 2.05) is 0 Å². The van der Waals surface area contributed by atoms with Crippen molar-refractivity contribution in [3.63, 3.8) is 0 Å². The highest BCUT2D eigenvalue weighted by atomic mass is 35.5. The second-order valence-corrected chi connectivity index (χ2v) is 7.89. The molecular formula is C21H14ClF6N3O6.